The molecule has 632 valence electrons. The third-order valence-corrected chi connectivity index (χ3v) is 24.4. The van der Waals surface area contributed by atoms with E-state index in [1.807, 2.05) is 121 Å². The van der Waals surface area contributed by atoms with E-state index in [2.05, 4.69) is 190 Å². The van der Waals surface area contributed by atoms with Gasteiger partial charge in [-0.1, -0.05) is 215 Å². The summed E-state index contributed by atoms with van der Waals surface area (Å²) in [7, 11) is 0. The van der Waals surface area contributed by atoms with E-state index in [1.165, 1.54) is 0 Å². The Bertz CT molecular complexity index is 7240. The molecule has 20 heteroatoms. The van der Waals surface area contributed by atoms with Gasteiger partial charge in [-0.2, -0.15) is 0 Å². The summed E-state index contributed by atoms with van der Waals surface area (Å²) >= 11 is 0. The molecule has 0 aliphatic heterocycles. The van der Waals surface area contributed by atoms with Crippen LogP contribution in [0, 0.1) is 0 Å². The Hall–Kier alpha value is -11.8. The van der Waals surface area contributed by atoms with Gasteiger partial charge in [0.2, 0.25) is 22.9 Å². The number of hydrogen-bond acceptors (Lipinski definition) is 17. The topological polar surface area (TPSA) is 274 Å². The maximum Gasteiger partial charge on any atom is 0.300 e. The number of pyridine rings is 4. The second-order valence-corrected chi connectivity index (χ2v) is 42.1. The maximum absolute atomic E-state index is 12.4. The molecule has 20 aromatic rings. The molecule has 0 radical (unpaired) electrons. The van der Waals surface area contributed by atoms with E-state index in [0.29, 0.717) is 154 Å². The molecule has 0 aliphatic carbocycles. The molecule has 0 fully saturated rings. The Morgan fingerprint density at radius 1 is 0.246 bits per heavy atom. The molecular formula is C106H104N8O10Zn2. The largest absolute Gasteiger partial charge is 0.506 e. The molecular weight excluding hydrogens is 1680 g/mol. The third-order valence-electron chi connectivity index (χ3n) is 24.4. The number of oxazole rings is 4. The summed E-state index contributed by atoms with van der Waals surface area (Å²) in [5, 5.41) is 68.3. The van der Waals surface area contributed by atoms with Crippen molar-refractivity contribution in [3.8, 4) is 23.0 Å². The number of carboxylic acids is 1. The van der Waals surface area contributed by atoms with Crippen molar-refractivity contribution in [2.45, 2.75) is 216 Å². The number of fused-ring (bicyclic) bond motifs is 24. The Kier molecular flexibility index (Phi) is 20.6. The van der Waals surface area contributed by atoms with Gasteiger partial charge in [0.05, 0.1) is 65.7 Å². The van der Waals surface area contributed by atoms with Gasteiger partial charge in [0.25, 0.3) is 5.97 Å². The number of aromatic hydroxyl groups is 4. The fourth-order valence-electron chi connectivity index (χ4n) is 17.2. The van der Waals surface area contributed by atoms with Gasteiger partial charge in [-0.25, -0.2) is 39.9 Å². The summed E-state index contributed by atoms with van der Waals surface area (Å²) in [6.45, 7) is 52.9. The first-order valence-electron chi connectivity index (χ1n) is 42.4. The van der Waals surface area contributed by atoms with Crippen molar-refractivity contribution >= 4 is 204 Å². The minimum Gasteiger partial charge on any atom is -0.506 e. The minimum atomic E-state index is -0.833. The quantitative estimate of drug-likeness (QED) is 0.0697. The third kappa shape index (κ3) is 14.8. The van der Waals surface area contributed by atoms with Gasteiger partial charge in [0.1, 0.15) is 45.1 Å². The van der Waals surface area contributed by atoms with E-state index in [4.69, 9.17) is 67.4 Å². The molecule has 18 nitrogen and oxygen atoms in total. The SMILES string of the molecule is CC(=O)O.CC(C)(C)c1cc2c(O)c(c1)c1nc3c(o1)c(C(C)(C)C)cc1cc(C(C)(C)C)c4oc(nc4c13)c1cc(C(C)(C)C)cc(c1O)c1ccc3ccc4ccc2nc4c3n1.CC(C)(C)c1cc2c(O)c(c1)c1nc3c(o1)c(C(C)(C)C)cc1cc(C(C)(C)C)c4oc(nc4c13)c1cc(C(C)(C)C)cc(c1O)c1ccc3ccc4ccc2nc4c3n1.[Zn].[Zn]. The maximum atomic E-state index is 12.4. The number of carboxylic acid groups (broad SMARTS) is 1. The van der Waals surface area contributed by atoms with Crippen molar-refractivity contribution in [3.63, 3.8) is 0 Å². The van der Waals surface area contributed by atoms with E-state index < -0.39 is 5.97 Å². The number of hydrogen-bond donors (Lipinski definition) is 5. The summed E-state index contributed by atoms with van der Waals surface area (Å²) < 4.78 is 27.6. The van der Waals surface area contributed by atoms with Crippen LogP contribution >= 0.6 is 0 Å². The number of phenolic OH excluding ortho intramolecular Hbond substituents is 4. The number of aromatic nitrogens is 8. The average Bonchev–Trinajstić information content (AvgIpc) is 1.55. The standard InChI is InChI=1S/2C52H50N4O4.C2H4O2.2Zn/c2*1-49(2,3)28-21-30-36-17-15-25-13-14-26-16-18-37(54-40(26)39(25)53-36)31-22-29(50(4,5)6)24-33(44(31)58)48-56-42-38-27(20-35(46(42)60-48)52(10,11)12)19-34(51(7,8)9)45-41(38)55-47(59-45)32(23-28)43(30)57;1-2(3)4;;/h2*13-24,57-58H,1-12H3;1H3,(H,3,4);;. The van der Waals surface area contributed by atoms with Crippen molar-refractivity contribution in [3.05, 3.63) is 190 Å². The van der Waals surface area contributed by atoms with Gasteiger partial charge < -0.3 is 43.2 Å². The van der Waals surface area contributed by atoms with E-state index in [9.17, 15) is 20.4 Å². The zero-order valence-electron chi connectivity index (χ0n) is 76.6. The molecule has 10 heterocycles. The fourth-order valence-corrected chi connectivity index (χ4v) is 17.2. The predicted octanol–water partition coefficient (Wildman–Crippen LogP) is 28.1. The average molecular weight is 1780 g/mol. The molecule has 10 aromatic carbocycles. The summed E-state index contributed by atoms with van der Waals surface area (Å²) in [5.41, 5.74) is 16.6. The van der Waals surface area contributed by atoms with Gasteiger partial charge in [-0.3, -0.25) is 4.79 Å². The van der Waals surface area contributed by atoms with Crippen LogP contribution in [0.15, 0.2) is 163 Å². The number of nitrogens with zero attached hydrogens (tertiary/aromatic N) is 8. The van der Waals surface area contributed by atoms with Crippen molar-refractivity contribution in [2.24, 2.45) is 0 Å². The molecule has 0 spiro atoms. The zero-order valence-corrected chi connectivity index (χ0v) is 82.6. The molecule has 20 rings (SSSR count). The molecule has 0 saturated heterocycles. The number of carbonyl (C=O) groups is 1. The Morgan fingerprint density at radius 2 is 0.421 bits per heavy atom. The van der Waals surface area contributed by atoms with E-state index >= 15 is 0 Å². The molecule has 5 N–H and O–H groups in total. The summed E-state index contributed by atoms with van der Waals surface area (Å²) in [4.78, 5) is 51.2. The van der Waals surface area contributed by atoms with Gasteiger partial charge in [-0.05, 0) is 173 Å². The van der Waals surface area contributed by atoms with Crippen molar-refractivity contribution in [2.75, 3.05) is 0 Å². The van der Waals surface area contributed by atoms with Crippen LogP contribution in [0.25, 0.3) is 198 Å². The van der Waals surface area contributed by atoms with Crippen LogP contribution in [-0.4, -0.2) is 71.4 Å². The molecule has 0 aliphatic rings. The van der Waals surface area contributed by atoms with E-state index in [-0.39, 0.29) is 105 Å². The van der Waals surface area contributed by atoms with E-state index in [1.54, 1.807) is 0 Å². The molecule has 10 aromatic heterocycles. The minimum absolute atomic E-state index is 0. The van der Waals surface area contributed by atoms with Crippen LogP contribution in [0.3, 0.4) is 0 Å². The van der Waals surface area contributed by atoms with Crippen LogP contribution in [0.4, 0.5) is 0 Å². The van der Waals surface area contributed by atoms with Crippen molar-refractivity contribution in [1.82, 2.24) is 39.9 Å². The van der Waals surface area contributed by atoms with Gasteiger partial charge in [0.15, 0.2) is 22.3 Å². The predicted molar refractivity (Wildman–Crippen MR) is 507 cm³/mol. The number of rotatable bonds is 0. The van der Waals surface area contributed by atoms with Crippen LogP contribution < -0.4 is 0 Å². The summed E-state index contributed by atoms with van der Waals surface area (Å²) in [5.74, 6) is -0.743. The van der Waals surface area contributed by atoms with E-state index in [0.717, 1.165) is 94.5 Å². The second kappa shape index (κ2) is 29.6. The van der Waals surface area contributed by atoms with Crippen LogP contribution in [-0.2, 0) is 87.1 Å². The Labute approximate surface area is 754 Å². The van der Waals surface area contributed by atoms with Gasteiger partial charge in [-0.15, -0.1) is 0 Å². The van der Waals surface area contributed by atoms with Crippen LogP contribution in [0.1, 0.15) is 218 Å². The molecule has 0 unspecified atom stereocenters. The van der Waals surface area contributed by atoms with Gasteiger partial charge in [0, 0.05) is 122 Å². The number of phenols is 4. The number of aliphatic carboxylic acids is 1. The normalized spacial score (nSPS) is 13.0. The summed E-state index contributed by atoms with van der Waals surface area (Å²) in [6.07, 6.45) is 0. The Balaban J connectivity index is 0.000000175. The first-order chi connectivity index (χ1) is 57.8. The van der Waals surface area contributed by atoms with Crippen LogP contribution in [0.5, 0.6) is 23.0 Å². The van der Waals surface area contributed by atoms with Crippen molar-refractivity contribution < 1.29 is 87.0 Å². The van der Waals surface area contributed by atoms with Crippen LogP contribution in [0.2, 0.25) is 0 Å². The smallest absolute Gasteiger partial charge is 0.300 e. The monoisotopic (exact) mass is 1780 g/mol. The molecule has 24 bridgehead atoms. The molecule has 126 heavy (non-hydrogen) atoms. The summed E-state index contributed by atoms with van der Waals surface area (Å²) in [6, 6.07) is 48.8. The van der Waals surface area contributed by atoms with Gasteiger partial charge >= 0.3 is 0 Å². The molecule has 0 saturated carbocycles. The number of benzene rings is 10. The fraction of sp³-hybridized carbons (Fsp3) is 0.311. The molecule has 0 amide bonds. The Morgan fingerprint density at radius 3 is 0.595 bits per heavy atom. The van der Waals surface area contributed by atoms with Crippen molar-refractivity contribution in [1.29, 1.82) is 0 Å². The molecule has 0 atom stereocenters. The first-order valence-corrected chi connectivity index (χ1v) is 42.4. The first kappa shape index (κ1) is 87.6. The second-order valence-electron chi connectivity index (χ2n) is 42.1. The zero-order chi connectivity index (χ0) is 88.7.